The van der Waals surface area contributed by atoms with Gasteiger partial charge in [0.1, 0.15) is 18.1 Å². The van der Waals surface area contributed by atoms with Gasteiger partial charge in [0.25, 0.3) is 5.91 Å². The molecule has 25 heavy (non-hydrogen) atoms. The summed E-state index contributed by atoms with van der Waals surface area (Å²) in [4.78, 5) is 12.1. The third kappa shape index (κ3) is 5.02. The molecule has 6 heteroatoms. The molecule has 1 amide bonds. The van der Waals surface area contributed by atoms with E-state index in [1.54, 1.807) is 48.5 Å². The second-order valence-corrected chi connectivity index (χ2v) is 6.19. The van der Waals surface area contributed by atoms with E-state index in [4.69, 9.17) is 32.4 Å². The Morgan fingerprint density at radius 2 is 1.80 bits per heavy atom. The number of rotatable bonds is 6. The van der Waals surface area contributed by atoms with Gasteiger partial charge in [-0.15, -0.1) is 0 Å². The van der Waals surface area contributed by atoms with Crippen LogP contribution in [0.25, 0.3) is 0 Å². The van der Waals surface area contributed by atoms with Crippen LogP contribution in [0.2, 0.25) is 10.0 Å². The van der Waals surface area contributed by atoms with E-state index in [0.29, 0.717) is 28.1 Å². The zero-order chi connectivity index (χ0) is 17.6. The lowest BCUT2D eigenvalue weighted by atomic mass is 10.2. The van der Waals surface area contributed by atoms with Crippen molar-refractivity contribution in [1.29, 1.82) is 0 Å². The van der Waals surface area contributed by atoms with E-state index in [1.807, 2.05) is 12.1 Å². The van der Waals surface area contributed by atoms with Gasteiger partial charge < -0.3 is 14.5 Å². The molecule has 0 spiro atoms. The molecular formula is C19H15Cl2NO3. The fourth-order valence-electron chi connectivity index (χ4n) is 2.18. The number of carbonyl (C=O) groups excluding carboxylic acids is 1. The van der Waals surface area contributed by atoms with Crippen LogP contribution in [0.15, 0.2) is 65.1 Å². The molecule has 0 aliphatic carbocycles. The Hall–Kier alpha value is -2.43. The average molecular weight is 376 g/mol. The number of benzene rings is 2. The van der Waals surface area contributed by atoms with Crippen molar-refractivity contribution in [2.45, 2.75) is 13.2 Å². The second-order valence-electron chi connectivity index (χ2n) is 5.32. The Morgan fingerprint density at radius 1 is 1.00 bits per heavy atom. The quantitative estimate of drug-likeness (QED) is 0.652. The first kappa shape index (κ1) is 17.4. The van der Waals surface area contributed by atoms with Gasteiger partial charge in [-0.2, -0.15) is 0 Å². The molecule has 1 aromatic heterocycles. The SMILES string of the molecule is O=C(NCc1cccc(Cl)c1)c1ccc(COc2ccc(Cl)cc2)o1. The normalized spacial score (nSPS) is 10.5. The molecule has 4 nitrogen and oxygen atoms in total. The van der Waals surface area contributed by atoms with Crippen molar-refractivity contribution >= 4 is 29.1 Å². The van der Waals surface area contributed by atoms with E-state index in [0.717, 1.165) is 5.56 Å². The number of carbonyl (C=O) groups is 1. The number of nitrogens with one attached hydrogen (secondary N) is 1. The number of hydrogen-bond donors (Lipinski definition) is 1. The molecule has 0 saturated heterocycles. The number of furan rings is 1. The van der Waals surface area contributed by atoms with Crippen LogP contribution in [0.5, 0.6) is 5.75 Å². The first-order chi connectivity index (χ1) is 12.1. The van der Waals surface area contributed by atoms with E-state index in [-0.39, 0.29) is 18.3 Å². The first-order valence-electron chi connectivity index (χ1n) is 7.60. The maximum atomic E-state index is 12.1. The van der Waals surface area contributed by atoms with Crippen LogP contribution in [0.1, 0.15) is 21.9 Å². The van der Waals surface area contributed by atoms with Gasteiger partial charge in [0.15, 0.2) is 5.76 Å². The summed E-state index contributed by atoms with van der Waals surface area (Å²) in [7, 11) is 0. The highest BCUT2D eigenvalue weighted by Gasteiger charge is 2.11. The Labute approximate surface area is 155 Å². The summed E-state index contributed by atoms with van der Waals surface area (Å²) >= 11 is 11.7. The zero-order valence-electron chi connectivity index (χ0n) is 13.2. The standard InChI is InChI=1S/C19H15Cl2NO3/c20-14-4-6-16(7-5-14)24-12-17-8-9-18(25-17)19(23)22-11-13-2-1-3-15(21)10-13/h1-10H,11-12H2,(H,22,23). The number of halogens is 2. The molecule has 1 N–H and O–H groups in total. The maximum absolute atomic E-state index is 12.1. The molecule has 128 valence electrons. The maximum Gasteiger partial charge on any atom is 0.287 e. The van der Waals surface area contributed by atoms with E-state index < -0.39 is 0 Å². The van der Waals surface area contributed by atoms with Crippen molar-refractivity contribution < 1.29 is 13.9 Å². The molecule has 0 bridgehead atoms. The predicted molar refractivity (Wildman–Crippen MR) is 97.1 cm³/mol. The van der Waals surface area contributed by atoms with Gasteiger partial charge in [-0.1, -0.05) is 35.3 Å². The van der Waals surface area contributed by atoms with Gasteiger partial charge in [0.05, 0.1) is 0 Å². The lowest BCUT2D eigenvalue weighted by Crippen LogP contribution is -2.22. The monoisotopic (exact) mass is 375 g/mol. The van der Waals surface area contributed by atoms with Crippen molar-refractivity contribution in [3.05, 3.63) is 87.8 Å². The van der Waals surface area contributed by atoms with Gasteiger partial charge >= 0.3 is 0 Å². The van der Waals surface area contributed by atoms with Crippen LogP contribution in [0.3, 0.4) is 0 Å². The average Bonchev–Trinajstić information content (AvgIpc) is 3.08. The third-order valence-corrected chi connectivity index (χ3v) is 3.91. The lowest BCUT2D eigenvalue weighted by molar-refractivity contribution is 0.0919. The highest BCUT2D eigenvalue weighted by Crippen LogP contribution is 2.18. The number of amides is 1. The molecule has 1 heterocycles. The van der Waals surface area contributed by atoms with Crippen LogP contribution in [0.4, 0.5) is 0 Å². The van der Waals surface area contributed by atoms with E-state index >= 15 is 0 Å². The summed E-state index contributed by atoms with van der Waals surface area (Å²) in [5.74, 6) is 1.17. The minimum Gasteiger partial charge on any atom is -0.486 e. The van der Waals surface area contributed by atoms with Crippen LogP contribution in [-0.4, -0.2) is 5.91 Å². The smallest absolute Gasteiger partial charge is 0.287 e. The largest absolute Gasteiger partial charge is 0.486 e. The van der Waals surface area contributed by atoms with Gasteiger partial charge in [-0.05, 0) is 54.1 Å². The Kier molecular flexibility index (Phi) is 5.64. The summed E-state index contributed by atoms with van der Waals surface area (Å²) in [5.41, 5.74) is 0.915. The highest BCUT2D eigenvalue weighted by atomic mass is 35.5. The van der Waals surface area contributed by atoms with Crippen molar-refractivity contribution in [1.82, 2.24) is 5.32 Å². The van der Waals surface area contributed by atoms with Crippen LogP contribution < -0.4 is 10.1 Å². The van der Waals surface area contributed by atoms with Crippen LogP contribution in [0, 0.1) is 0 Å². The summed E-state index contributed by atoms with van der Waals surface area (Å²) < 4.78 is 11.1. The molecule has 0 fully saturated rings. The van der Waals surface area contributed by atoms with E-state index in [9.17, 15) is 4.79 Å². The number of ether oxygens (including phenoxy) is 1. The van der Waals surface area contributed by atoms with Crippen LogP contribution in [-0.2, 0) is 13.2 Å². The summed E-state index contributed by atoms with van der Waals surface area (Å²) in [6, 6.07) is 17.7. The second kappa shape index (κ2) is 8.10. The summed E-state index contributed by atoms with van der Waals surface area (Å²) in [6.07, 6.45) is 0. The fourth-order valence-corrected chi connectivity index (χ4v) is 2.52. The summed E-state index contributed by atoms with van der Waals surface area (Å²) in [5, 5.41) is 4.06. The fraction of sp³-hybridized carbons (Fsp3) is 0.105. The van der Waals surface area contributed by atoms with Crippen molar-refractivity contribution in [2.75, 3.05) is 0 Å². The van der Waals surface area contributed by atoms with Gasteiger partial charge in [-0.25, -0.2) is 0 Å². The molecule has 0 aliphatic rings. The molecular weight excluding hydrogens is 361 g/mol. The van der Waals surface area contributed by atoms with Gasteiger partial charge in [0.2, 0.25) is 0 Å². The molecule has 0 saturated carbocycles. The molecule has 3 aromatic rings. The zero-order valence-corrected chi connectivity index (χ0v) is 14.7. The molecule has 3 rings (SSSR count). The van der Waals surface area contributed by atoms with Gasteiger partial charge in [-0.3, -0.25) is 4.79 Å². The van der Waals surface area contributed by atoms with E-state index in [1.165, 1.54) is 0 Å². The first-order valence-corrected chi connectivity index (χ1v) is 8.35. The van der Waals surface area contributed by atoms with Crippen molar-refractivity contribution in [2.24, 2.45) is 0 Å². The molecule has 0 unspecified atom stereocenters. The Morgan fingerprint density at radius 3 is 2.56 bits per heavy atom. The lowest BCUT2D eigenvalue weighted by Gasteiger charge is -2.05. The highest BCUT2D eigenvalue weighted by molar-refractivity contribution is 6.30. The Balaban J connectivity index is 1.53. The topological polar surface area (TPSA) is 51.5 Å². The minimum atomic E-state index is -0.294. The molecule has 2 aromatic carbocycles. The summed E-state index contributed by atoms with van der Waals surface area (Å²) in [6.45, 7) is 0.597. The van der Waals surface area contributed by atoms with Gasteiger partial charge in [0, 0.05) is 16.6 Å². The van der Waals surface area contributed by atoms with Crippen LogP contribution >= 0.6 is 23.2 Å². The number of hydrogen-bond acceptors (Lipinski definition) is 3. The third-order valence-electron chi connectivity index (χ3n) is 3.42. The Bertz CT molecular complexity index is 859. The minimum absolute atomic E-state index is 0.225. The molecule has 0 atom stereocenters. The molecule has 0 aliphatic heterocycles. The predicted octanol–water partition coefficient (Wildman–Crippen LogP) is 5.10. The van der Waals surface area contributed by atoms with Crippen molar-refractivity contribution in [3.8, 4) is 5.75 Å². The van der Waals surface area contributed by atoms with Crippen molar-refractivity contribution in [3.63, 3.8) is 0 Å². The molecule has 0 radical (unpaired) electrons. The van der Waals surface area contributed by atoms with E-state index in [2.05, 4.69) is 5.32 Å².